The molecular weight excluding hydrogens is 469 g/mol. The number of nitrogens with zero attached hydrogens (tertiary/aromatic N) is 5. The van der Waals surface area contributed by atoms with Gasteiger partial charge in [-0.3, -0.25) is 14.3 Å². The lowest BCUT2D eigenvalue weighted by molar-refractivity contribution is 0.145. The van der Waals surface area contributed by atoms with Crippen LogP contribution >= 0.6 is 0 Å². The van der Waals surface area contributed by atoms with Crippen molar-refractivity contribution in [1.82, 2.24) is 19.3 Å². The number of rotatable bonds is 5. The van der Waals surface area contributed by atoms with E-state index in [9.17, 15) is 14.3 Å². The Bertz CT molecular complexity index is 1670. The van der Waals surface area contributed by atoms with Gasteiger partial charge in [-0.25, -0.2) is 9.07 Å². The summed E-state index contributed by atoms with van der Waals surface area (Å²) in [4.78, 5) is 19.5. The summed E-state index contributed by atoms with van der Waals surface area (Å²) < 4.78 is 17.2. The van der Waals surface area contributed by atoms with Crippen LogP contribution in [0.1, 0.15) is 24.0 Å². The number of hydrogen-bond acceptors (Lipinski definition) is 5. The smallest absolute Gasteiger partial charge is 0.266 e. The highest BCUT2D eigenvalue weighted by Crippen LogP contribution is 2.25. The number of anilines is 1. The zero-order valence-corrected chi connectivity index (χ0v) is 20.6. The van der Waals surface area contributed by atoms with Crippen molar-refractivity contribution in [1.29, 1.82) is 0 Å². The molecule has 2 aromatic carbocycles. The van der Waals surface area contributed by atoms with Gasteiger partial charge in [0, 0.05) is 42.7 Å². The zero-order valence-electron chi connectivity index (χ0n) is 20.6. The van der Waals surface area contributed by atoms with Gasteiger partial charge in [0.2, 0.25) is 0 Å². The van der Waals surface area contributed by atoms with E-state index in [1.807, 2.05) is 36.0 Å². The van der Waals surface area contributed by atoms with Gasteiger partial charge in [0.25, 0.3) is 5.56 Å². The van der Waals surface area contributed by atoms with Gasteiger partial charge in [-0.05, 0) is 79.8 Å². The first-order chi connectivity index (χ1) is 17.9. The first kappa shape index (κ1) is 23.4. The lowest BCUT2D eigenvalue weighted by atomic mass is 10.1. The molecule has 6 rings (SSSR count). The maximum atomic E-state index is 13.9. The van der Waals surface area contributed by atoms with E-state index in [-0.39, 0.29) is 17.5 Å². The largest absolute Gasteiger partial charge is 0.393 e. The molecule has 0 amide bonds. The summed E-state index contributed by atoms with van der Waals surface area (Å²) in [7, 11) is 0. The van der Waals surface area contributed by atoms with Crippen molar-refractivity contribution in [3.63, 3.8) is 0 Å². The van der Waals surface area contributed by atoms with Gasteiger partial charge in [0.15, 0.2) is 5.82 Å². The van der Waals surface area contributed by atoms with Crippen LogP contribution in [0.25, 0.3) is 27.6 Å². The maximum absolute atomic E-state index is 13.9. The van der Waals surface area contributed by atoms with Crippen LogP contribution in [0.15, 0.2) is 71.8 Å². The van der Waals surface area contributed by atoms with Gasteiger partial charge >= 0.3 is 0 Å². The quantitative estimate of drug-likeness (QED) is 0.390. The number of aliphatic hydroxyl groups is 1. The molecule has 8 heteroatoms. The minimum atomic E-state index is -0.313. The lowest BCUT2D eigenvalue weighted by Gasteiger charge is -2.31. The van der Waals surface area contributed by atoms with Crippen molar-refractivity contribution in [3.05, 3.63) is 94.3 Å². The third-order valence-electron chi connectivity index (χ3n) is 7.24. The molecule has 0 radical (unpaired) electrons. The van der Waals surface area contributed by atoms with Crippen LogP contribution in [-0.4, -0.2) is 43.6 Å². The third kappa shape index (κ3) is 4.60. The Balaban J connectivity index is 1.25. The normalized spacial score (nSPS) is 14.6. The Morgan fingerprint density at radius 1 is 1.05 bits per heavy atom. The van der Waals surface area contributed by atoms with E-state index >= 15 is 0 Å². The Morgan fingerprint density at radius 2 is 1.89 bits per heavy atom. The number of aromatic nitrogens is 4. The first-order valence-corrected chi connectivity index (χ1v) is 12.6. The second kappa shape index (κ2) is 9.44. The molecule has 1 aliphatic rings. The SMILES string of the molecule is Cc1cn(-c2ccc(=O)n(CCc3ccc4ncc(N5CCC(O)CC5)cc4c3)n2)c2cc(F)ccc12. The van der Waals surface area contributed by atoms with E-state index in [2.05, 4.69) is 27.1 Å². The molecule has 1 N–H and O–H groups in total. The number of piperidine rings is 1. The van der Waals surface area contributed by atoms with Crippen molar-refractivity contribution in [3.8, 4) is 5.82 Å². The monoisotopic (exact) mass is 497 g/mol. The molecule has 0 aliphatic carbocycles. The summed E-state index contributed by atoms with van der Waals surface area (Å²) in [6.07, 6.45) is 5.77. The minimum absolute atomic E-state index is 0.180. The van der Waals surface area contributed by atoms with Gasteiger partial charge < -0.3 is 10.0 Å². The molecule has 0 spiro atoms. The molecule has 5 aromatic rings. The molecule has 7 nitrogen and oxygen atoms in total. The standard InChI is InChI=1S/C29H28FN5O2/c1-19-18-34(27-16-22(30)3-4-25(19)27)28-6-7-29(37)35(32-28)13-8-20-2-5-26-21(14-20)15-23(17-31-26)33-11-9-24(36)10-12-33/h2-7,14-18,24,36H,8-13H2,1H3. The first-order valence-electron chi connectivity index (χ1n) is 12.6. The van der Waals surface area contributed by atoms with Crippen LogP contribution < -0.4 is 10.5 Å². The number of hydrogen-bond donors (Lipinski definition) is 1. The molecule has 0 atom stereocenters. The minimum Gasteiger partial charge on any atom is -0.393 e. The summed E-state index contributed by atoms with van der Waals surface area (Å²) >= 11 is 0. The average molecular weight is 498 g/mol. The summed E-state index contributed by atoms with van der Waals surface area (Å²) in [5, 5.41) is 16.4. The molecule has 0 saturated carbocycles. The number of pyridine rings is 1. The van der Waals surface area contributed by atoms with Crippen molar-refractivity contribution in [2.75, 3.05) is 18.0 Å². The molecule has 3 aromatic heterocycles. The number of fused-ring (bicyclic) bond motifs is 2. The van der Waals surface area contributed by atoms with E-state index in [1.54, 1.807) is 12.1 Å². The van der Waals surface area contributed by atoms with Gasteiger partial charge in [-0.2, -0.15) is 5.10 Å². The van der Waals surface area contributed by atoms with Gasteiger partial charge in [-0.15, -0.1) is 0 Å². The number of aryl methyl sites for hydroxylation is 3. The fraction of sp³-hybridized carbons (Fsp3) is 0.276. The molecule has 188 valence electrons. The molecule has 1 saturated heterocycles. The van der Waals surface area contributed by atoms with Crippen molar-refractivity contribution in [2.24, 2.45) is 0 Å². The molecule has 0 bridgehead atoms. The van der Waals surface area contributed by atoms with Gasteiger partial charge in [-0.1, -0.05) is 6.07 Å². The predicted molar refractivity (Wildman–Crippen MR) is 143 cm³/mol. The number of halogens is 1. The molecule has 0 unspecified atom stereocenters. The third-order valence-corrected chi connectivity index (χ3v) is 7.24. The van der Waals surface area contributed by atoms with E-state index in [0.29, 0.717) is 18.8 Å². The highest BCUT2D eigenvalue weighted by Gasteiger charge is 2.18. The predicted octanol–water partition coefficient (Wildman–Crippen LogP) is 4.39. The maximum Gasteiger partial charge on any atom is 0.266 e. The highest BCUT2D eigenvalue weighted by atomic mass is 19.1. The van der Waals surface area contributed by atoms with Crippen LogP contribution in [0, 0.1) is 12.7 Å². The van der Waals surface area contributed by atoms with Crippen LogP contribution in [-0.2, 0) is 13.0 Å². The average Bonchev–Trinajstić information content (AvgIpc) is 3.23. The van der Waals surface area contributed by atoms with Crippen LogP contribution in [0.3, 0.4) is 0 Å². The second-order valence-corrected chi connectivity index (χ2v) is 9.79. The highest BCUT2D eigenvalue weighted by molar-refractivity contribution is 5.85. The zero-order chi connectivity index (χ0) is 25.5. The Labute approximate surface area is 213 Å². The van der Waals surface area contributed by atoms with E-state index in [1.165, 1.54) is 22.9 Å². The van der Waals surface area contributed by atoms with Crippen LogP contribution in [0.5, 0.6) is 0 Å². The number of benzene rings is 2. The molecule has 37 heavy (non-hydrogen) atoms. The molecule has 4 heterocycles. The Morgan fingerprint density at radius 3 is 2.73 bits per heavy atom. The van der Waals surface area contributed by atoms with Crippen molar-refractivity contribution in [2.45, 2.75) is 38.8 Å². The van der Waals surface area contributed by atoms with Gasteiger partial charge in [0.1, 0.15) is 5.82 Å². The summed E-state index contributed by atoms with van der Waals surface area (Å²) in [6.45, 7) is 4.03. The fourth-order valence-electron chi connectivity index (χ4n) is 5.14. The van der Waals surface area contributed by atoms with E-state index < -0.39 is 0 Å². The van der Waals surface area contributed by atoms with Crippen LogP contribution in [0.4, 0.5) is 10.1 Å². The number of aliphatic hydroxyl groups excluding tert-OH is 1. The Kier molecular flexibility index (Phi) is 5.96. The summed E-state index contributed by atoms with van der Waals surface area (Å²) in [6, 6.07) is 16.2. The topological polar surface area (TPSA) is 76.2 Å². The summed E-state index contributed by atoms with van der Waals surface area (Å²) in [5.74, 6) is 0.259. The van der Waals surface area contributed by atoms with Crippen molar-refractivity contribution < 1.29 is 9.50 Å². The van der Waals surface area contributed by atoms with E-state index in [4.69, 9.17) is 0 Å². The Hall–Kier alpha value is -4.04. The second-order valence-electron chi connectivity index (χ2n) is 9.79. The molecule has 1 aliphatic heterocycles. The van der Waals surface area contributed by atoms with Crippen molar-refractivity contribution >= 4 is 27.5 Å². The fourth-order valence-corrected chi connectivity index (χ4v) is 5.14. The lowest BCUT2D eigenvalue weighted by Crippen LogP contribution is -2.35. The molecule has 1 fully saturated rings. The van der Waals surface area contributed by atoms with E-state index in [0.717, 1.165) is 64.6 Å². The molecular formula is C29H28FN5O2. The summed E-state index contributed by atoms with van der Waals surface area (Å²) in [5.41, 5.74) is 4.62. The van der Waals surface area contributed by atoms with Crippen LogP contribution in [0.2, 0.25) is 0 Å². The van der Waals surface area contributed by atoms with Gasteiger partial charge in [0.05, 0.1) is 29.0 Å².